The molecule has 0 unspecified atom stereocenters. The zero-order chi connectivity index (χ0) is 12.4. The van der Waals surface area contributed by atoms with Crippen molar-refractivity contribution in [1.82, 2.24) is 15.5 Å². The highest BCUT2D eigenvalue weighted by molar-refractivity contribution is 4.90. The summed E-state index contributed by atoms with van der Waals surface area (Å²) in [7, 11) is 0. The molecule has 3 nitrogen and oxygen atoms in total. The van der Waals surface area contributed by atoms with Gasteiger partial charge >= 0.3 is 0 Å². The molecule has 2 aliphatic rings. The Morgan fingerprint density at radius 3 is 2.41 bits per heavy atom. The molecule has 1 saturated heterocycles. The van der Waals surface area contributed by atoms with E-state index in [1.807, 2.05) is 0 Å². The van der Waals surface area contributed by atoms with Gasteiger partial charge in [-0.2, -0.15) is 0 Å². The Labute approximate surface area is 106 Å². The molecule has 1 heterocycles. The second-order valence-electron chi connectivity index (χ2n) is 6.82. The molecule has 2 fully saturated rings. The van der Waals surface area contributed by atoms with Crippen LogP contribution in [0.25, 0.3) is 0 Å². The van der Waals surface area contributed by atoms with Crippen molar-refractivity contribution in [2.24, 2.45) is 5.41 Å². The normalized spacial score (nSPS) is 25.6. The lowest BCUT2D eigenvalue weighted by atomic mass is 9.70. The molecule has 100 valence electrons. The predicted molar refractivity (Wildman–Crippen MR) is 73.3 cm³/mol. The van der Waals surface area contributed by atoms with Crippen molar-refractivity contribution in [3.8, 4) is 0 Å². The number of hydrogen-bond donors (Lipinski definition) is 2. The van der Waals surface area contributed by atoms with Gasteiger partial charge in [-0.3, -0.25) is 4.90 Å². The van der Waals surface area contributed by atoms with Gasteiger partial charge in [-0.1, -0.05) is 13.3 Å². The van der Waals surface area contributed by atoms with Crippen LogP contribution in [0.1, 0.15) is 40.0 Å². The maximum Gasteiger partial charge on any atom is 0.0278 e. The molecular weight excluding hydrogens is 210 g/mol. The summed E-state index contributed by atoms with van der Waals surface area (Å²) in [5.41, 5.74) is 0.891. The molecule has 0 aromatic heterocycles. The van der Waals surface area contributed by atoms with Crippen LogP contribution in [0.4, 0.5) is 0 Å². The summed E-state index contributed by atoms with van der Waals surface area (Å²) in [4.78, 5) is 2.61. The maximum absolute atomic E-state index is 3.70. The van der Waals surface area contributed by atoms with Gasteiger partial charge in [0.25, 0.3) is 0 Å². The van der Waals surface area contributed by atoms with Crippen molar-refractivity contribution >= 4 is 0 Å². The standard InChI is InChI=1S/C14H29N3/c1-13(2,17-9-7-15-8-10-17)11-16-12-14(3)5-4-6-14/h15-16H,4-12H2,1-3H3. The highest BCUT2D eigenvalue weighted by Crippen LogP contribution is 2.39. The lowest BCUT2D eigenvalue weighted by molar-refractivity contribution is 0.0909. The predicted octanol–water partition coefficient (Wildman–Crippen LogP) is 1.45. The molecule has 0 aromatic rings. The second kappa shape index (κ2) is 5.25. The Bertz CT molecular complexity index is 240. The van der Waals surface area contributed by atoms with Gasteiger partial charge in [-0.15, -0.1) is 0 Å². The van der Waals surface area contributed by atoms with Crippen LogP contribution in [-0.4, -0.2) is 49.7 Å². The topological polar surface area (TPSA) is 27.3 Å². The quantitative estimate of drug-likeness (QED) is 0.760. The Morgan fingerprint density at radius 1 is 1.24 bits per heavy atom. The van der Waals surface area contributed by atoms with E-state index in [2.05, 4.69) is 36.3 Å². The van der Waals surface area contributed by atoms with Crippen molar-refractivity contribution in [3.63, 3.8) is 0 Å². The Morgan fingerprint density at radius 2 is 1.88 bits per heavy atom. The number of hydrogen-bond acceptors (Lipinski definition) is 3. The van der Waals surface area contributed by atoms with Crippen molar-refractivity contribution in [2.75, 3.05) is 39.3 Å². The molecule has 1 saturated carbocycles. The highest BCUT2D eigenvalue weighted by atomic mass is 15.2. The van der Waals surface area contributed by atoms with E-state index < -0.39 is 0 Å². The molecule has 0 atom stereocenters. The van der Waals surface area contributed by atoms with E-state index in [0.717, 1.165) is 19.6 Å². The average Bonchev–Trinajstić information content (AvgIpc) is 2.28. The van der Waals surface area contributed by atoms with Gasteiger partial charge in [0.05, 0.1) is 0 Å². The summed E-state index contributed by atoms with van der Waals surface area (Å²) < 4.78 is 0. The smallest absolute Gasteiger partial charge is 0.0278 e. The summed E-state index contributed by atoms with van der Waals surface area (Å²) in [6.45, 7) is 14.1. The van der Waals surface area contributed by atoms with Crippen LogP contribution in [0.5, 0.6) is 0 Å². The summed E-state index contributed by atoms with van der Waals surface area (Å²) in [5.74, 6) is 0. The molecule has 0 aromatic carbocycles. The summed E-state index contributed by atoms with van der Waals surface area (Å²) >= 11 is 0. The lowest BCUT2D eigenvalue weighted by Gasteiger charge is -2.43. The third-order valence-corrected chi connectivity index (χ3v) is 4.64. The molecule has 2 N–H and O–H groups in total. The number of nitrogens with zero attached hydrogens (tertiary/aromatic N) is 1. The fraction of sp³-hybridized carbons (Fsp3) is 1.00. The molecule has 3 heteroatoms. The minimum Gasteiger partial charge on any atom is -0.314 e. The molecular formula is C14H29N3. The Hall–Kier alpha value is -0.120. The van der Waals surface area contributed by atoms with E-state index in [1.54, 1.807) is 0 Å². The summed E-state index contributed by atoms with van der Waals surface area (Å²) in [6, 6.07) is 0. The molecule has 1 aliphatic heterocycles. The van der Waals surface area contributed by atoms with E-state index >= 15 is 0 Å². The largest absolute Gasteiger partial charge is 0.314 e. The maximum atomic E-state index is 3.70. The van der Waals surface area contributed by atoms with Crippen molar-refractivity contribution < 1.29 is 0 Å². The van der Waals surface area contributed by atoms with Gasteiger partial charge in [-0.05, 0) is 32.1 Å². The molecule has 2 rings (SSSR count). The minimum atomic E-state index is 0.294. The number of nitrogens with one attached hydrogen (secondary N) is 2. The fourth-order valence-corrected chi connectivity index (χ4v) is 3.01. The molecule has 0 spiro atoms. The van der Waals surface area contributed by atoms with Gasteiger partial charge in [-0.25, -0.2) is 0 Å². The van der Waals surface area contributed by atoms with Crippen molar-refractivity contribution in [2.45, 2.75) is 45.6 Å². The molecule has 0 amide bonds. The molecule has 1 aliphatic carbocycles. The number of piperazine rings is 1. The monoisotopic (exact) mass is 239 g/mol. The molecule has 0 radical (unpaired) electrons. The fourth-order valence-electron chi connectivity index (χ4n) is 3.01. The van der Waals surface area contributed by atoms with Crippen molar-refractivity contribution in [3.05, 3.63) is 0 Å². The zero-order valence-electron chi connectivity index (χ0n) is 11.8. The van der Waals surface area contributed by atoms with E-state index in [-0.39, 0.29) is 0 Å². The Balaban J connectivity index is 1.72. The van der Waals surface area contributed by atoms with Gasteiger partial charge in [0.1, 0.15) is 0 Å². The van der Waals surface area contributed by atoms with Gasteiger partial charge in [0, 0.05) is 44.8 Å². The number of rotatable bonds is 5. The minimum absolute atomic E-state index is 0.294. The van der Waals surface area contributed by atoms with Gasteiger partial charge in [0.2, 0.25) is 0 Å². The third kappa shape index (κ3) is 3.43. The van der Waals surface area contributed by atoms with Crippen LogP contribution in [0.15, 0.2) is 0 Å². The van der Waals surface area contributed by atoms with Crippen molar-refractivity contribution in [1.29, 1.82) is 0 Å². The first-order chi connectivity index (χ1) is 8.02. The summed E-state index contributed by atoms with van der Waals surface area (Å²) in [6.07, 6.45) is 4.25. The first-order valence-corrected chi connectivity index (χ1v) is 7.18. The first-order valence-electron chi connectivity index (χ1n) is 7.18. The van der Waals surface area contributed by atoms with E-state index in [0.29, 0.717) is 11.0 Å². The first kappa shape index (κ1) is 13.3. The van der Waals surface area contributed by atoms with Crippen LogP contribution >= 0.6 is 0 Å². The van der Waals surface area contributed by atoms with Gasteiger partial charge < -0.3 is 10.6 Å². The van der Waals surface area contributed by atoms with E-state index in [9.17, 15) is 0 Å². The van der Waals surface area contributed by atoms with Crippen LogP contribution in [-0.2, 0) is 0 Å². The van der Waals surface area contributed by atoms with Crippen LogP contribution in [0.3, 0.4) is 0 Å². The van der Waals surface area contributed by atoms with E-state index in [1.165, 1.54) is 38.9 Å². The van der Waals surface area contributed by atoms with Crippen LogP contribution in [0, 0.1) is 5.41 Å². The molecule has 0 bridgehead atoms. The zero-order valence-corrected chi connectivity index (χ0v) is 11.8. The SMILES string of the molecule is CC1(CNCC(C)(C)N2CCNCC2)CCC1. The average molecular weight is 239 g/mol. The second-order valence-corrected chi connectivity index (χ2v) is 6.82. The third-order valence-electron chi connectivity index (χ3n) is 4.64. The Kier molecular flexibility index (Phi) is 4.11. The van der Waals surface area contributed by atoms with Gasteiger partial charge in [0.15, 0.2) is 0 Å². The van der Waals surface area contributed by atoms with Crippen LogP contribution < -0.4 is 10.6 Å². The highest BCUT2D eigenvalue weighted by Gasteiger charge is 2.33. The summed E-state index contributed by atoms with van der Waals surface area (Å²) in [5, 5.41) is 7.13. The lowest BCUT2D eigenvalue weighted by Crippen LogP contribution is -2.57. The molecule has 17 heavy (non-hydrogen) atoms. The van der Waals surface area contributed by atoms with Crippen LogP contribution in [0.2, 0.25) is 0 Å². The van der Waals surface area contributed by atoms with E-state index in [4.69, 9.17) is 0 Å².